The van der Waals surface area contributed by atoms with Crippen molar-refractivity contribution in [1.29, 1.82) is 0 Å². The molecule has 19 heavy (non-hydrogen) atoms. The Kier molecular flexibility index (Phi) is 5.53. The zero-order valence-corrected chi connectivity index (χ0v) is 10.6. The highest BCUT2D eigenvalue weighted by atomic mass is 16.4. The van der Waals surface area contributed by atoms with E-state index in [4.69, 9.17) is 5.11 Å². The first kappa shape index (κ1) is 14.7. The Morgan fingerprint density at radius 2 is 1.63 bits per heavy atom. The molecule has 1 aromatic carbocycles. The second-order valence-corrected chi connectivity index (χ2v) is 3.92. The lowest BCUT2D eigenvalue weighted by atomic mass is 10.2. The van der Waals surface area contributed by atoms with Gasteiger partial charge in [0.05, 0.1) is 6.42 Å². The number of nitrogens with one attached hydrogen (secondary N) is 2. The number of hydrogen-bond acceptors (Lipinski definition) is 3. The molecule has 0 saturated carbocycles. The fraction of sp³-hybridized carbons (Fsp3) is 0.308. The summed E-state index contributed by atoms with van der Waals surface area (Å²) in [6.07, 6.45) is 0.0776. The fourth-order valence-corrected chi connectivity index (χ4v) is 1.37. The van der Waals surface area contributed by atoms with Crippen LogP contribution >= 0.6 is 0 Å². The molecule has 0 spiro atoms. The number of benzene rings is 1. The first-order valence-corrected chi connectivity index (χ1v) is 5.93. The largest absolute Gasteiger partial charge is 0.481 e. The summed E-state index contributed by atoms with van der Waals surface area (Å²) in [4.78, 5) is 33.0. The minimum absolute atomic E-state index is 0.0825. The van der Waals surface area contributed by atoms with Crippen LogP contribution < -0.4 is 10.6 Å². The molecule has 1 aromatic rings. The SMILES string of the molecule is CCC(=O)Nc1cccc(NC(=O)CCC(=O)O)c1. The van der Waals surface area contributed by atoms with Crippen molar-refractivity contribution in [2.45, 2.75) is 26.2 Å². The van der Waals surface area contributed by atoms with Gasteiger partial charge in [0.25, 0.3) is 0 Å². The lowest BCUT2D eigenvalue weighted by Gasteiger charge is -2.07. The van der Waals surface area contributed by atoms with E-state index in [1.807, 2.05) is 0 Å². The van der Waals surface area contributed by atoms with E-state index in [0.29, 0.717) is 17.8 Å². The van der Waals surface area contributed by atoms with Crippen LogP contribution in [-0.4, -0.2) is 22.9 Å². The highest BCUT2D eigenvalue weighted by Crippen LogP contribution is 2.15. The Bertz CT molecular complexity index is 485. The number of carbonyl (C=O) groups excluding carboxylic acids is 2. The van der Waals surface area contributed by atoms with Gasteiger partial charge in [-0.15, -0.1) is 0 Å². The molecule has 0 aliphatic rings. The van der Waals surface area contributed by atoms with Gasteiger partial charge >= 0.3 is 5.97 Å². The van der Waals surface area contributed by atoms with Crippen LogP contribution in [0, 0.1) is 0 Å². The highest BCUT2D eigenvalue weighted by Gasteiger charge is 2.06. The summed E-state index contributed by atoms with van der Waals surface area (Å²) in [6, 6.07) is 6.69. The van der Waals surface area contributed by atoms with Gasteiger partial charge in [-0.05, 0) is 18.2 Å². The Morgan fingerprint density at radius 1 is 1.05 bits per heavy atom. The van der Waals surface area contributed by atoms with Gasteiger partial charge < -0.3 is 15.7 Å². The van der Waals surface area contributed by atoms with Gasteiger partial charge in [-0.25, -0.2) is 0 Å². The number of hydrogen-bond donors (Lipinski definition) is 3. The Morgan fingerprint density at radius 3 is 2.16 bits per heavy atom. The second-order valence-electron chi connectivity index (χ2n) is 3.92. The Balaban J connectivity index is 2.59. The minimum Gasteiger partial charge on any atom is -0.481 e. The molecule has 102 valence electrons. The van der Waals surface area contributed by atoms with E-state index in [2.05, 4.69) is 10.6 Å². The fourth-order valence-electron chi connectivity index (χ4n) is 1.37. The topological polar surface area (TPSA) is 95.5 Å². The third-order valence-corrected chi connectivity index (χ3v) is 2.32. The van der Waals surface area contributed by atoms with Crippen molar-refractivity contribution in [2.24, 2.45) is 0 Å². The summed E-state index contributed by atoms with van der Waals surface area (Å²) in [5.74, 6) is -1.50. The van der Waals surface area contributed by atoms with E-state index in [-0.39, 0.29) is 24.7 Å². The molecule has 2 amide bonds. The van der Waals surface area contributed by atoms with Crippen LogP contribution in [0.15, 0.2) is 24.3 Å². The van der Waals surface area contributed by atoms with E-state index >= 15 is 0 Å². The molecule has 0 aromatic heterocycles. The molecule has 0 heterocycles. The van der Waals surface area contributed by atoms with E-state index in [9.17, 15) is 14.4 Å². The maximum absolute atomic E-state index is 11.4. The maximum atomic E-state index is 11.4. The van der Waals surface area contributed by atoms with Crippen molar-refractivity contribution >= 4 is 29.2 Å². The Hall–Kier alpha value is -2.37. The first-order valence-electron chi connectivity index (χ1n) is 5.93. The number of amides is 2. The lowest BCUT2D eigenvalue weighted by Crippen LogP contribution is -2.14. The van der Waals surface area contributed by atoms with Crippen LogP contribution in [0.3, 0.4) is 0 Å². The van der Waals surface area contributed by atoms with E-state index in [1.54, 1.807) is 31.2 Å². The number of carbonyl (C=O) groups is 3. The van der Waals surface area contributed by atoms with Crippen molar-refractivity contribution in [3.05, 3.63) is 24.3 Å². The van der Waals surface area contributed by atoms with E-state index in [0.717, 1.165) is 0 Å². The quantitative estimate of drug-likeness (QED) is 0.730. The monoisotopic (exact) mass is 264 g/mol. The average molecular weight is 264 g/mol. The third-order valence-electron chi connectivity index (χ3n) is 2.32. The predicted octanol–water partition coefficient (Wildman–Crippen LogP) is 1.84. The normalized spacial score (nSPS) is 9.74. The summed E-state index contributed by atoms with van der Waals surface area (Å²) >= 11 is 0. The van der Waals surface area contributed by atoms with Crippen molar-refractivity contribution in [2.75, 3.05) is 10.6 Å². The van der Waals surface area contributed by atoms with Gasteiger partial charge in [-0.2, -0.15) is 0 Å². The van der Waals surface area contributed by atoms with E-state index < -0.39 is 5.97 Å². The second kappa shape index (κ2) is 7.15. The van der Waals surface area contributed by atoms with Gasteiger partial charge in [0.1, 0.15) is 0 Å². The first-order chi connectivity index (χ1) is 9.01. The predicted molar refractivity (Wildman–Crippen MR) is 70.9 cm³/mol. The summed E-state index contributed by atoms with van der Waals surface area (Å²) in [6.45, 7) is 1.74. The number of carboxylic acids is 1. The third kappa shape index (κ3) is 5.67. The van der Waals surface area contributed by atoms with Crippen molar-refractivity contribution in [1.82, 2.24) is 0 Å². The molecule has 0 saturated heterocycles. The smallest absolute Gasteiger partial charge is 0.303 e. The summed E-state index contributed by atoms with van der Waals surface area (Å²) in [5, 5.41) is 13.7. The van der Waals surface area contributed by atoms with Crippen LogP contribution in [0.4, 0.5) is 11.4 Å². The van der Waals surface area contributed by atoms with Crippen LogP contribution in [0.5, 0.6) is 0 Å². The molecular formula is C13H16N2O4. The Labute approximate surface area is 110 Å². The van der Waals surface area contributed by atoms with E-state index in [1.165, 1.54) is 0 Å². The molecule has 1 rings (SSSR count). The summed E-state index contributed by atoms with van der Waals surface area (Å²) < 4.78 is 0. The standard InChI is InChI=1S/C13H16N2O4/c1-2-11(16)14-9-4-3-5-10(8-9)15-12(17)6-7-13(18)19/h3-5,8H,2,6-7H2,1H3,(H,14,16)(H,15,17)(H,18,19). The van der Waals surface area contributed by atoms with Crippen LogP contribution in [0.25, 0.3) is 0 Å². The molecule has 0 radical (unpaired) electrons. The molecular weight excluding hydrogens is 248 g/mol. The van der Waals surface area contributed by atoms with Gasteiger partial charge in [0.2, 0.25) is 11.8 Å². The molecule has 0 aliphatic carbocycles. The number of aliphatic carboxylic acids is 1. The molecule has 0 bridgehead atoms. The molecule has 0 atom stereocenters. The lowest BCUT2D eigenvalue weighted by molar-refractivity contribution is -0.138. The zero-order chi connectivity index (χ0) is 14.3. The summed E-state index contributed by atoms with van der Waals surface area (Å²) in [7, 11) is 0. The van der Waals surface area contributed by atoms with Gasteiger partial charge in [-0.1, -0.05) is 13.0 Å². The molecule has 0 fully saturated rings. The number of rotatable bonds is 6. The van der Waals surface area contributed by atoms with Crippen LogP contribution in [0.1, 0.15) is 26.2 Å². The van der Waals surface area contributed by atoms with Crippen LogP contribution in [0.2, 0.25) is 0 Å². The molecule has 0 unspecified atom stereocenters. The zero-order valence-electron chi connectivity index (χ0n) is 10.6. The minimum atomic E-state index is -1.01. The van der Waals surface area contributed by atoms with Crippen molar-refractivity contribution in [3.8, 4) is 0 Å². The van der Waals surface area contributed by atoms with Crippen molar-refractivity contribution in [3.63, 3.8) is 0 Å². The molecule has 3 N–H and O–H groups in total. The summed E-state index contributed by atoms with van der Waals surface area (Å²) in [5.41, 5.74) is 1.10. The van der Waals surface area contributed by atoms with Gasteiger partial charge in [-0.3, -0.25) is 14.4 Å². The van der Waals surface area contributed by atoms with Gasteiger partial charge in [0.15, 0.2) is 0 Å². The maximum Gasteiger partial charge on any atom is 0.303 e. The van der Waals surface area contributed by atoms with Gasteiger partial charge in [0, 0.05) is 24.2 Å². The highest BCUT2D eigenvalue weighted by molar-refractivity contribution is 5.94. The number of carboxylic acid groups (broad SMARTS) is 1. The average Bonchev–Trinajstić information content (AvgIpc) is 2.36. The van der Waals surface area contributed by atoms with Crippen LogP contribution in [-0.2, 0) is 14.4 Å². The van der Waals surface area contributed by atoms with Crippen molar-refractivity contribution < 1.29 is 19.5 Å². The molecule has 6 heteroatoms. The number of anilines is 2. The molecule has 0 aliphatic heterocycles. The molecule has 6 nitrogen and oxygen atoms in total.